The fraction of sp³-hybridized carbons (Fsp3) is 0.857. The van der Waals surface area contributed by atoms with E-state index in [0.717, 1.165) is 0 Å². The van der Waals surface area contributed by atoms with Crippen molar-refractivity contribution in [1.82, 2.24) is 0 Å². The zero-order chi connectivity index (χ0) is 10.6. The van der Waals surface area contributed by atoms with Crippen molar-refractivity contribution in [2.24, 2.45) is 5.92 Å². The fourth-order valence-corrected chi connectivity index (χ4v) is 1.73. The van der Waals surface area contributed by atoms with E-state index in [4.69, 9.17) is 5.11 Å². The Morgan fingerprint density at radius 2 is 2.08 bits per heavy atom. The number of hydrogen-bond acceptors (Lipinski definition) is 2. The van der Waals surface area contributed by atoms with Crippen LogP contribution in [0.5, 0.6) is 0 Å². The molecule has 0 heterocycles. The van der Waals surface area contributed by atoms with Crippen LogP contribution < -0.4 is 0 Å². The minimum Gasteiger partial charge on any atom is -0.476 e. The Kier molecular flexibility index (Phi) is 4.46. The lowest BCUT2D eigenvalue weighted by Gasteiger charge is -2.13. The summed E-state index contributed by atoms with van der Waals surface area (Å²) in [6, 6.07) is 0. The zero-order valence-corrected chi connectivity index (χ0v) is 8.24. The summed E-state index contributed by atoms with van der Waals surface area (Å²) in [7, 11) is -2.62. The Morgan fingerprint density at radius 1 is 1.62 bits per heavy atom. The molecule has 1 N–H and O–H groups in total. The van der Waals surface area contributed by atoms with Crippen LogP contribution in [-0.2, 0) is 15.6 Å². The van der Waals surface area contributed by atoms with Gasteiger partial charge in [0.2, 0.25) is 0 Å². The lowest BCUT2D eigenvalue weighted by Crippen LogP contribution is -2.35. The molecule has 0 bridgehead atoms. The van der Waals surface area contributed by atoms with Crippen molar-refractivity contribution in [1.29, 1.82) is 0 Å². The molecule has 0 aromatic rings. The first-order valence-electron chi connectivity index (χ1n) is 3.82. The maximum atomic E-state index is 12.5. The van der Waals surface area contributed by atoms with Gasteiger partial charge < -0.3 is 5.11 Å². The molecule has 0 rings (SSSR count). The van der Waals surface area contributed by atoms with Crippen molar-refractivity contribution in [3.63, 3.8) is 0 Å². The molecule has 0 aromatic heterocycles. The molecule has 0 fully saturated rings. The van der Waals surface area contributed by atoms with Gasteiger partial charge >= 0.3 is 11.2 Å². The molecule has 0 saturated heterocycles. The Labute approximate surface area is 77.6 Å². The van der Waals surface area contributed by atoms with Crippen LogP contribution >= 0.6 is 0 Å². The summed E-state index contributed by atoms with van der Waals surface area (Å²) in [6.45, 7) is 3.41. The number of aliphatic carboxylic acids is 1. The van der Waals surface area contributed by atoms with Crippen LogP contribution in [0.1, 0.15) is 20.3 Å². The van der Waals surface area contributed by atoms with E-state index in [0.29, 0.717) is 6.42 Å². The Morgan fingerprint density at radius 3 is 2.38 bits per heavy atom. The number of halogens is 2. The number of alkyl halides is 2. The highest BCUT2D eigenvalue weighted by atomic mass is 32.2. The van der Waals surface area contributed by atoms with Crippen molar-refractivity contribution < 1.29 is 22.9 Å². The molecule has 2 unspecified atom stereocenters. The topological polar surface area (TPSA) is 54.4 Å². The van der Waals surface area contributed by atoms with Crippen molar-refractivity contribution in [2.45, 2.75) is 25.5 Å². The third kappa shape index (κ3) is 3.38. The predicted molar refractivity (Wildman–Crippen MR) is 45.0 cm³/mol. The molecule has 0 aliphatic carbocycles. The van der Waals surface area contributed by atoms with E-state index in [1.165, 1.54) is 0 Å². The van der Waals surface area contributed by atoms with Gasteiger partial charge in [-0.3, -0.25) is 4.21 Å². The monoisotopic (exact) mass is 214 g/mol. The van der Waals surface area contributed by atoms with Gasteiger partial charge in [-0.15, -0.1) is 0 Å². The summed E-state index contributed by atoms with van der Waals surface area (Å²) in [6.07, 6.45) is 0.599. The van der Waals surface area contributed by atoms with Crippen LogP contribution in [0.3, 0.4) is 0 Å². The SMILES string of the molecule is CCC(C)CS(=O)C(F)(F)C(=O)O. The quantitative estimate of drug-likeness (QED) is 0.753. The molecule has 6 heteroatoms. The minimum absolute atomic E-state index is 0.161. The van der Waals surface area contributed by atoms with Crippen molar-refractivity contribution in [2.75, 3.05) is 5.75 Å². The van der Waals surface area contributed by atoms with Crippen LogP contribution in [-0.4, -0.2) is 26.3 Å². The van der Waals surface area contributed by atoms with Gasteiger partial charge in [0.15, 0.2) is 0 Å². The van der Waals surface area contributed by atoms with Crippen molar-refractivity contribution in [3.8, 4) is 0 Å². The third-order valence-corrected chi connectivity index (χ3v) is 3.29. The predicted octanol–water partition coefficient (Wildman–Crippen LogP) is 1.46. The van der Waals surface area contributed by atoms with E-state index in [9.17, 15) is 17.8 Å². The molecule has 2 atom stereocenters. The second-order valence-corrected chi connectivity index (χ2v) is 4.38. The standard InChI is InChI=1S/C7H12F2O3S/c1-3-5(2)4-13(12)7(8,9)6(10)11/h5H,3-4H2,1-2H3,(H,10,11). The molecule has 0 aliphatic rings. The van der Waals surface area contributed by atoms with E-state index in [1.54, 1.807) is 13.8 Å². The fourth-order valence-electron chi connectivity index (χ4n) is 0.578. The van der Waals surface area contributed by atoms with Gasteiger partial charge in [0.1, 0.15) is 10.8 Å². The van der Waals surface area contributed by atoms with Crippen LogP contribution in [0.4, 0.5) is 8.78 Å². The number of carboxylic acids is 1. The molecule has 0 aliphatic heterocycles. The Hall–Kier alpha value is -0.520. The molecule has 0 spiro atoms. The van der Waals surface area contributed by atoms with Gasteiger partial charge in [0.05, 0.1) is 0 Å². The zero-order valence-electron chi connectivity index (χ0n) is 7.42. The lowest BCUT2D eigenvalue weighted by atomic mass is 10.2. The highest BCUT2D eigenvalue weighted by Crippen LogP contribution is 2.21. The smallest absolute Gasteiger partial charge is 0.415 e. The maximum absolute atomic E-state index is 12.5. The first-order chi connectivity index (χ1) is 5.82. The molecule has 13 heavy (non-hydrogen) atoms. The lowest BCUT2D eigenvalue weighted by molar-refractivity contribution is -0.153. The first-order valence-corrected chi connectivity index (χ1v) is 5.14. The molecule has 0 amide bonds. The van der Waals surface area contributed by atoms with E-state index in [-0.39, 0.29) is 11.7 Å². The first kappa shape index (κ1) is 12.5. The summed E-state index contributed by atoms with van der Waals surface area (Å²) in [5, 5.41) is 3.93. The van der Waals surface area contributed by atoms with Crippen LogP contribution in [0.2, 0.25) is 0 Å². The van der Waals surface area contributed by atoms with Crippen LogP contribution in [0.25, 0.3) is 0 Å². The number of rotatable bonds is 5. The van der Waals surface area contributed by atoms with Gasteiger partial charge in [-0.1, -0.05) is 20.3 Å². The van der Waals surface area contributed by atoms with E-state index in [1.807, 2.05) is 0 Å². The molecule has 0 radical (unpaired) electrons. The molecular weight excluding hydrogens is 202 g/mol. The highest BCUT2D eigenvalue weighted by molar-refractivity contribution is 7.86. The van der Waals surface area contributed by atoms with Crippen molar-refractivity contribution >= 4 is 16.8 Å². The average Bonchev–Trinajstić information content (AvgIpc) is 2.03. The molecular formula is C7H12F2O3S. The maximum Gasteiger partial charge on any atom is 0.415 e. The molecule has 3 nitrogen and oxygen atoms in total. The molecule has 78 valence electrons. The van der Waals surface area contributed by atoms with E-state index < -0.39 is 22.0 Å². The van der Waals surface area contributed by atoms with E-state index >= 15 is 0 Å². The molecule has 0 aromatic carbocycles. The summed E-state index contributed by atoms with van der Waals surface area (Å²) in [4.78, 5) is 9.99. The van der Waals surface area contributed by atoms with Gasteiger partial charge in [0, 0.05) is 5.75 Å². The van der Waals surface area contributed by atoms with Gasteiger partial charge in [-0.2, -0.15) is 8.78 Å². The van der Waals surface area contributed by atoms with Crippen LogP contribution in [0.15, 0.2) is 0 Å². The summed E-state index contributed by atoms with van der Waals surface area (Å²) < 4.78 is 35.9. The largest absolute Gasteiger partial charge is 0.476 e. The average molecular weight is 214 g/mol. The van der Waals surface area contributed by atoms with Gasteiger partial charge in [-0.05, 0) is 5.92 Å². The summed E-state index contributed by atoms with van der Waals surface area (Å²) in [5.41, 5.74) is 0. The van der Waals surface area contributed by atoms with Gasteiger partial charge in [0.25, 0.3) is 0 Å². The number of carbonyl (C=O) groups is 1. The highest BCUT2D eigenvalue weighted by Gasteiger charge is 2.46. The second-order valence-electron chi connectivity index (χ2n) is 2.85. The summed E-state index contributed by atoms with van der Waals surface area (Å²) in [5.74, 6) is -2.77. The summed E-state index contributed by atoms with van der Waals surface area (Å²) >= 11 is 0. The molecule has 0 saturated carbocycles. The van der Waals surface area contributed by atoms with E-state index in [2.05, 4.69) is 0 Å². The van der Waals surface area contributed by atoms with Crippen molar-refractivity contribution in [3.05, 3.63) is 0 Å². The van der Waals surface area contributed by atoms with Gasteiger partial charge in [-0.25, -0.2) is 4.79 Å². The normalized spacial score (nSPS) is 16.6. The number of hydrogen-bond donors (Lipinski definition) is 1. The third-order valence-electron chi connectivity index (χ3n) is 1.67. The minimum atomic E-state index is -4.12. The Bertz CT molecular complexity index is 218. The second kappa shape index (κ2) is 4.64. The Balaban J connectivity index is 4.34. The number of carboxylic acid groups (broad SMARTS) is 1. The van der Waals surface area contributed by atoms with Crippen LogP contribution in [0, 0.1) is 5.92 Å².